The van der Waals surface area contributed by atoms with Crippen LogP contribution in [0.2, 0.25) is 0 Å². The van der Waals surface area contributed by atoms with Crippen molar-refractivity contribution in [1.29, 1.82) is 0 Å². The molecule has 6 heteroatoms. The van der Waals surface area contributed by atoms with Crippen molar-refractivity contribution in [3.05, 3.63) is 59.3 Å². The Morgan fingerprint density at radius 3 is 2.64 bits per heavy atom. The Bertz CT molecular complexity index is 841. The molecule has 0 saturated carbocycles. The first-order valence-electron chi connectivity index (χ1n) is 7.91. The summed E-state index contributed by atoms with van der Waals surface area (Å²) in [5, 5.41) is 3.27. The van der Waals surface area contributed by atoms with E-state index in [4.69, 9.17) is 18.9 Å². The number of carbonyl (C=O) groups is 1. The highest BCUT2D eigenvalue weighted by molar-refractivity contribution is 5.93. The molecule has 2 aliphatic rings. The number of rotatable bonds is 5. The van der Waals surface area contributed by atoms with Gasteiger partial charge in [-0.2, -0.15) is 0 Å². The maximum absolute atomic E-state index is 12.1. The lowest BCUT2D eigenvalue weighted by atomic mass is 10.0. The topological polar surface area (TPSA) is 66.0 Å². The summed E-state index contributed by atoms with van der Waals surface area (Å²) in [6.45, 7) is 0.463. The van der Waals surface area contributed by atoms with E-state index >= 15 is 0 Å². The third kappa shape index (κ3) is 3.10. The van der Waals surface area contributed by atoms with Crippen molar-refractivity contribution in [2.24, 2.45) is 0 Å². The highest BCUT2D eigenvalue weighted by Gasteiger charge is 2.25. The summed E-state index contributed by atoms with van der Waals surface area (Å²) < 4.78 is 21.1. The highest BCUT2D eigenvalue weighted by atomic mass is 16.7. The van der Waals surface area contributed by atoms with Gasteiger partial charge >= 0.3 is 5.97 Å². The number of benzene rings is 2. The van der Waals surface area contributed by atoms with Gasteiger partial charge in [0.25, 0.3) is 0 Å². The number of ether oxygens (including phenoxy) is 4. The molecule has 2 aliphatic heterocycles. The molecule has 128 valence electrons. The standard InChI is InChI=1S/C19H17NO5/c1-22-14-5-2-12(3-6-14)8-15-16(10-23-19(15)21)20-13-4-7-17-18(9-13)25-11-24-17/h2-7,9,20H,8,10-11H2,1H3. The summed E-state index contributed by atoms with van der Waals surface area (Å²) in [5.41, 5.74) is 3.23. The molecule has 0 spiro atoms. The summed E-state index contributed by atoms with van der Waals surface area (Å²) >= 11 is 0. The van der Waals surface area contributed by atoms with Crippen molar-refractivity contribution < 1.29 is 23.7 Å². The molecule has 0 radical (unpaired) electrons. The van der Waals surface area contributed by atoms with E-state index in [-0.39, 0.29) is 19.4 Å². The molecule has 0 bridgehead atoms. The molecular weight excluding hydrogens is 322 g/mol. The van der Waals surface area contributed by atoms with E-state index in [0.29, 0.717) is 17.7 Å². The van der Waals surface area contributed by atoms with E-state index in [9.17, 15) is 4.79 Å². The predicted molar refractivity (Wildman–Crippen MR) is 90.9 cm³/mol. The Kier molecular flexibility index (Phi) is 3.93. The van der Waals surface area contributed by atoms with Gasteiger partial charge in [0, 0.05) is 18.2 Å². The molecule has 0 aromatic heterocycles. The normalized spacial score (nSPS) is 15.3. The maximum atomic E-state index is 12.1. The largest absolute Gasteiger partial charge is 0.497 e. The SMILES string of the molecule is COc1ccc(CC2=C(Nc3ccc4c(c3)OCO4)COC2=O)cc1. The van der Waals surface area contributed by atoms with Crippen molar-refractivity contribution in [2.45, 2.75) is 6.42 Å². The molecule has 1 N–H and O–H groups in total. The number of hydrogen-bond donors (Lipinski definition) is 1. The van der Waals surface area contributed by atoms with E-state index in [1.54, 1.807) is 7.11 Å². The van der Waals surface area contributed by atoms with Crippen LogP contribution in [0.3, 0.4) is 0 Å². The summed E-state index contributed by atoms with van der Waals surface area (Å²) in [6.07, 6.45) is 0.496. The Balaban J connectivity index is 1.56. The van der Waals surface area contributed by atoms with Gasteiger partial charge in [-0.1, -0.05) is 12.1 Å². The lowest BCUT2D eigenvalue weighted by Gasteiger charge is -2.09. The predicted octanol–water partition coefficient (Wildman–Crippen LogP) is 2.89. The minimum absolute atomic E-state index is 0.228. The average Bonchev–Trinajstić information content (AvgIpc) is 3.23. The molecule has 0 atom stereocenters. The van der Waals surface area contributed by atoms with E-state index in [0.717, 1.165) is 28.4 Å². The number of esters is 1. The maximum Gasteiger partial charge on any atom is 0.336 e. The van der Waals surface area contributed by atoms with Crippen molar-refractivity contribution in [3.63, 3.8) is 0 Å². The summed E-state index contributed by atoms with van der Waals surface area (Å²) in [4.78, 5) is 12.1. The minimum Gasteiger partial charge on any atom is -0.497 e. The molecule has 25 heavy (non-hydrogen) atoms. The van der Waals surface area contributed by atoms with Gasteiger partial charge in [-0.25, -0.2) is 4.79 Å². The lowest BCUT2D eigenvalue weighted by Crippen LogP contribution is -2.06. The zero-order chi connectivity index (χ0) is 17.2. The van der Waals surface area contributed by atoms with Crippen LogP contribution in [0.15, 0.2) is 53.7 Å². The molecular formula is C19H17NO5. The van der Waals surface area contributed by atoms with Gasteiger partial charge in [0.2, 0.25) is 6.79 Å². The van der Waals surface area contributed by atoms with E-state index in [1.165, 1.54) is 0 Å². The van der Waals surface area contributed by atoms with Crippen LogP contribution in [0.4, 0.5) is 5.69 Å². The lowest BCUT2D eigenvalue weighted by molar-refractivity contribution is -0.136. The van der Waals surface area contributed by atoms with Crippen LogP contribution in [0.25, 0.3) is 0 Å². The van der Waals surface area contributed by atoms with E-state index < -0.39 is 0 Å². The third-order valence-electron chi connectivity index (χ3n) is 4.17. The van der Waals surface area contributed by atoms with Crippen molar-refractivity contribution in [2.75, 3.05) is 25.8 Å². The Hall–Kier alpha value is -3.15. The second-order valence-corrected chi connectivity index (χ2v) is 5.75. The number of methoxy groups -OCH3 is 1. The molecule has 0 aliphatic carbocycles. The Labute approximate surface area is 145 Å². The number of hydrogen-bond acceptors (Lipinski definition) is 6. The molecule has 2 aromatic carbocycles. The number of fused-ring (bicyclic) bond motifs is 1. The monoisotopic (exact) mass is 339 g/mol. The van der Waals surface area contributed by atoms with Gasteiger partial charge in [-0.3, -0.25) is 0 Å². The average molecular weight is 339 g/mol. The van der Waals surface area contributed by atoms with Crippen LogP contribution in [-0.4, -0.2) is 26.5 Å². The van der Waals surface area contributed by atoms with Crippen molar-refractivity contribution in [3.8, 4) is 17.2 Å². The molecule has 2 heterocycles. The fourth-order valence-corrected chi connectivity index (χ4v) is 2.82. The zero-order valence-electron chi connectivity index (χ0n) is 13.7. The molecule has 0 amide bonds. The van der Waals surface area contributed by atoms with Gasteiger partial charge in [-0.15, -0.1) is 0 Å². The minimum atomic E-state index is -0.293. The molecule has 6 nitrogen and oxygen atoms in total. The van der Waals surface area contributed by atoms with Gasteiger partial charge < -0.3 is 24.3 Å². The fraction of sp³-hybridized carbons (Fsp3) is 0.211. The third-order valence-corrected chi connectivity index (χ3v) is 4.17. The van der Waals surface area contributed by atoms with Gasteiger partial charge in [0.05, 0.1) is 18.4 Å². The Morgan fingerprint density at radius 2 is 1.84 bits per heavy atom. The van der Waals surface area contributed by atoms with Crippen LogP contribution >= 0.6 is 0 Å². The van der Waals surface area contributed by atoms with Gasteiger partial charge in [0.15, 0.2) is 11.5 Å². The van der Waals surface area contributed by atoms with Crippen LogP contribution in [0.5, 0.6) is 17.2 Å². The van der Waals surface area contributed by atoms with E-state index in [1.807, 2.05) is 42.5 Å². The number of carbonyl (C=O) groups excluding carboxylic acids is 1. The second-order valence-electron chi connectivity index (χ2n) is 5.75. The van der Waals surface area contributed by atoms with Crippen LogP contribution in [-0.2, 0) is 16.0 Å². The molecule has 2 aromatic rings. The van der Waals surface area contributed by atoms with Crippen LogP contribution in [0.1, 0.15) is 5.56 Å². The Morgan fingerprint density at radius 1 is 1.04 bits per heavy atom. The zero-order valence-corrected chi connectivity index (χ0v) is 13.7. The summed E-state index contributed by atoms with van der Waals surface area (Å²) in [7, 11) is 1.62. The second kappa shape index (κ2) is 6.39. The number of cyclic esters (lactones) is 1. The quantitative estimate of drug-likeness (QED) is 0.845. The molecule has 4 rings (SSSR count). The van der Waals surface area contributed by atoms with Crippen LogP contribution in [0, 0.1) is 0 Å². The first-order chi connectivity index (χ1) is 12.2. The van der Waals surface area contributed by atoms with Gasteiger partial charge in [-0.05, 0) is 29.8 Å². The fourth-order valence-electron chi connectivity index (χ4n) is 2.82. The van der Waals surface area contributed by atoms with Crippen LogP contribution < -0.4 is 19.5 Å². The highest BCUT2D eigenvalue weighted by Crippen LogP contribution is 2.35. The van der Waals surface area contributed by atoms with E-state index in [2.05, 4.69) is 5.32 Å². The smallest absolute Gasteiger partial charge is 0.336 e. The first kappa shape index (κ1) is 15.4. The van der Waals surface area contributed by atoms with Gasteiger partial charge in [0.1, 0.15) is 12.4 Å². The van der Waals surface area contributed by atoms with Crippen molar-refractivity contribution in [1.82, 2.24) is 0 Å². The molecule has 0 unspecified atom stereocenters. The summed E-state index contributed by atoms with van der Waals surface area (Å²) in [6, 6.07) is 13.2. The first-order valence-corrected chi connectivity index (χ1v) is 7.91. The number of nitrogens with one attached hydrogen (secondary N) is 1. The number of anilines is 1. The summed E-state index contributed by atoms with van der Waals surface area (Å²) in [5.74, 6) is 1.90. The van der Waals surface area contributed by atoms with Crippen molar-refractivity contribution >= 4 is 11.7 Å². The molecule has 0 saturated heterocycles. The molecule has 0 fully saturated rings.